The van der Waals surface area contributed by atoms with E-state index < -0.39 is 5.82 Å². The van der Waals surface area contributed by atoms with Crippen LogP contribution in [0.4, 0.5) is 10.1 Å². The van der Waals surface area contributed by atoms with Gasteiger partial charge >= 0.3 is 0 Å². The molecule has 0 atom stereocenters. The Bertz CT molecular complexity index is 456. The molecule has 1 aliphatic rings. The van der Waals surface area contributed by atoms with Crippen LogP contribution in [0.2, 0.25) is 0 Å². The zero-order valence-corrected chi connectivity index (χ0v) is 11.2. The molecule has 1 saturated heterocycles. The maximum absolute atomic E-state index is 13.6. The summed E-state index contributed by atoms with van der Waals surface area (Å²) in [7, 11) is 2.10. The Balaban J connectivity index is 1.87. The van der Waals surface area contributed by atoms with Crippen molar-refractivity contribution >= 4 is 11.6 Å². The van der Waals surface area contributed by atoms with Crippen molar-refractivity contribution in [3.8, 4) is 0 Å². The summed E-state index contributed by atoms with van der Waals surface area (Å²) in [6.07, 6.45) is 2.14. The Kier molecular flexibility index (Phi) is 4.37. The van der Waals surface area contributed by atoms with E-state index in [0.29, 0.717) is 18.2 Å². The quantitative estimate of drug-likeness (QED) is 0.814. The number of nitrogens with zero attached hydrogens (tertiary/aromatic N) is 1. The molecule has 5 heteroatoms. The van der Waals surface area contributed by atoms with Crippen molar-refractivity contribution in [2.75, 3.05) is 32.4 Å². The molecule has 1 heterocycles. The molecule has 2 rings (SSSR count). The molecule has 0 saturated carbocycles. The summed E-state index contributed by atoms with van der Waals surface area (Å²) in [5.41, 5.74) is 5.84. The highest BCUT2D eigenvalue weighted by atomic mass is 19.1. The molecule has 0 bridgehead atoms. The summed E-state index contributed by atoms with van der Waals surface area (Å²) in [5.74, 6) is -0.450. The molecular formula is C14H20FN3O. The molecule has 1 fully saturated rings. The standard InChI is InChI=1S/C14H20FN3O/c1-18-6-4-10(5-7-18)9-17-14(19)12-3-2-11(16)8-13(12)15/h2-3,8,10H,4-7,9,16H2,1H3,(H,17,19). The number of amides is 1. The van der Waals surface area contributed by atoms with Crippen LogP contribution < -0.4 is 11.1 Å². The molecule has 19 heavy (non-hydrogen) atoms. The van der Waals surface area contributed by atoms with E-state index in [1.54, 1.807) is 0 Å². The minimum atomic E-state index is -0.569. The Morgan fingerprint density at radius 3 is 2.79 bits per heavy atom. The summed E-state index contributed by atoms with van der Waals surface area (Å²) in [4.78, 5) is 14.2. The van der Waals surface area contributed by atoms with Gasteiger partial charge in [-0.2, -0.15) is 0 Å². The predicted octanol–water partition coefficient (Wildman–Crippen LogP) is 1.48. The van der Waals surface area contributed by atoms with E-state index in [0.717, 1.165) is 25.9 Å². The molecule has 0 unspecified atom stereocenters. The maximum atomic E-state index is 13.6. The number of rotatable bonds is 3. The van der Waals surface area contributed by atoms with Gasteiger partial charge in [0.15, 0.2) is 0 Å². The number of hydrogen-bond donors (Lipinski definition) is 2. The van der Waals surface area contributed by atoms with Gasteiger partial charge in [-0.15, -0.1) is 0 Å². The normalized spacial score (nSPS) is 17.4. The first kappa shape index (κ1) is 13.8. The van der Waals surface area contributed by atoms with Crippen molar-refractivity contribution < 1.29 is 9.18 Å². The molecule has 0 aromatic heterocycles. The van der Waals surface area contributed by atoms with Crippen LogP contribution in [0.25, 0.3) is 0 Å². The van der Waals surface area contributed by atoms with E-state index >= 15 is 0 Å². The summed E-state index contributed by atoms with van der Waals surface area (Å²) in [6.45, 7) is 2.71. The summed E-state index contributed by atoms with van der Waals surface area (Å²) >= 11 is 0. The van der Waals surface area contributed by atoms with Gasteiger partial charge in [-0.25, -0.2) is 4.39 Å². The molecule has 0 aliphatic carbocycles. The zero-order chi connectivity index (χ0) is 13.8. The number of nitrogen functional groups attached to an aromatic ring is 1. The van der Waals surface area contributed by atoms with Gasteiger partial charge in [0.25, 0.3) is 5.91 Å². The molecule has 4 nitrogen and oxygen atoms in total. The second-order valence-electron chi connectivity index (χ2n) is 5.20. The molecule has 3 N–H and O–H groups in total. The fourth-order valence-electron chi connectivity index (χ4n) is 2.31. The fourth-order valence-corrected chi connectivity index (χ4v) is 2.31. The van der Waals surface area contributed by atoms with E-state index in [9.17, 15) is 9.18 Å². The summed E-state index contributed by atoms with van der Waals surface area (Å²) in [5, 5.41) is 2.81. The highest BCUT2D eigenvalue weighted by molar-refractivity contribution is 5.94. The van der Waals surface area contributed by atoms with E-state index in [4.69, 9.17) is 5.73 Å². The Labute approximate surface area is 112 Å². The second-order valence-corrected chi connectivity index (χ2v) is 5.20. The van der Waals surface area contributed by atoms with Gasteiger partial charge < -0.3 is 16.0 Å². The van der Waals surface area contributed by atoms with Gasteiger partial charge in [0.1, 0.15) is 5.82 Å². The Morgan fingerprint density at radius 2 is 2.16 bits per heavy atom. The minimum Gasteiger partial charge on any atom is -0.399 e. The van der Waals surface area contributed by atoms with Crippen molar-refractivity contribution in [1.29, 1.82) is 0 Å². The monoisotopic (exact) mass is 265 g/mol. The number of halogens is 1. The predicted molar refractivity (Wildman–Crippen MR) is 73.4 cm³/mol. The smallest absolute Gasteiger partial charge is 0.254 e. The van der Waals surface area contributed by atoms with Crippen molar-refractivity contribution in [2.45, 2.75) is 12.8 Å². The molecule has 1 amide bonds. The molecule has 104 valence electrons. The van der Waals surface area contributed by atoms with Crippen molar-refractivity contribution in [1.82, 2.24) is 10.2 Å². The van der Waals surface area contributed by atoms with Crippen LogP contribution in [0, 0.1) is 11.7 Å². The van der Waals surface area contributed by atoms with E-state index in [1.165, 1.54) is 18.2 Å². The average molecular weight is 265 g/mol. The first-order valence-electron chi connectivity index (χ1n) is 6.58. The number of carbonyl (C=O) groups excluding carboxylic acids is 1. The molecule has 1 aromatic rings. The highest BCUT2D eigenvalue weighted by Crippen LogP contribution is 2.16. The number of likely N-dealkylation sites (tertiary alicyclic amines) is 1. The first-order valence-corrected chi connectivity index (χ1v) is 6.58. The van der Waals surface area contributed by atoms with Crippen LogP contribution in [-0.4, -0.2) is 37.5 Å². The van der Waals surface area contributed by atoms with Gasteiger partial charge in [0.2, 0.25) is 0 Å². The summed E-state index contributed by atoms with van der Waals surface area (Å²) < 4.78 is 13.6. The Morgan fingerprint density at radius 1 is 1.47 bits per heavy atom. The lowest BCUT2D eigenvalue weighted by Crippen LogP contribution is -2.37. The fraction of sp³-hybridized carbons (Fsp3) is 0.500. The minimum absolute atomic E-state index is 0.0575. The van der Waals surface area contributed by atoms with E-state index in [1.807, 2.05) is 0 Å². The van der Waals surface area contributed by atoms with Gasteiger partial charge in [0, 0.05) is 12.2 Å². The maximum Gasteiger partial charge on any atom is 0.254 e. The van der Waals surface area contributed by atoms with Crippen molar-refractivity contribution in [2.24, 2.45) is 5.92 Å². The lowest BCUT2D eigenvalue weighted by atomic mass is 9.97. The van der Waals surface area contributed by atoms with Crippen LogP contribution in [0.15, 0.2) is 18.2 Å². The van der Waals surface area contributed by atoms with E-state index in [-0.39, 0.29) is 11.5 Å². The Hall–Kier alpha value is -1.62. The average Bonchev–Trinajstić information content (AvgIpc) is 2.37. The van der Waals surface area contributed by atoms with Gasteiger partial charge in [-0.1, -0.05) is 0 Å². The second kappa shape index (κ2) is 6.02. The van der Waals surface area contributed by atoms with Crippen LogP contribution in [0.3, 0.4) is 0 Å². The van der Waals surface area contributed by atoms with Crippen molar-refractivity contribution in [3.63, 3.8) is 0 Å². The molecular weight excluding hydrogens is 245 g/mol. The third kappa shape index (κ3) is 3.67. The molecule has 1 aliphatic heterocycles. The SMILES string of the molecule is CN1CCC(CNC(=O)c2ccc(N)cc2F)CC1. The molecule has 1 aromatic carbocycles. The van der Waals surface area contributed by atoms with Crippen LogP contribution >= 0.6 is 0 Å². The molecule has 0 radical (unpaired) electrons. The van der Waals surface area contributed by atoms with Crippen LogP contribution in [0.1, 0.15) is 23.2 Å². The number of hydrogen-bond acceptors (Lipinski definition) is 3. The number of anilines is 1. The molecule has 0 spiro atoms. The van der Waals surface area contributed by atoms with Crippen molar-refractivity contribution in [3.05, 3.63) is 29.6 Å². The largest absolute Gasteiger partial charge is 0.399 e. The van der Waals surface area contributed by atoms with Gasteiger partial charge in [-0.05, 0) is 57.1 Å². The third-order valence-corrected chi connectivity index (χ3v) is 3.63. The number of piperidine rings is 1. The van der Waals surface area contributed by atoms with Crippen LogP contribution in [-0.2, 0) is 0 Å². The number of carbonyl (C=O) groups is 1. The third-order valence-electron chi connectivity index (χ3n) is 3.63. The highest BCUT2D eigenvalue weighted by Gasteiger charge is 2.18. The lowest BCUT2D eigenvalue weighted by Gasteiger charge is -2.28. The first-order chi connectivity index (χ1) is 9.06. The number of nitrogens with two attached hydrogens (primary N) is 1. The zero-order valence-electron chi connectivity index (χ0n) is 11.2. The van der Waals surface area contributed by atoms with E-state index in [2.05, 4.69) is 17.3 Å². The number of benzene rings is 1. The van der Waals surface area contributed by atoms with Gasteiger partial charge in [0.05, 0.1) is 5.56 Å². The summed E-state index contributed by atoms with van der Waals surface area (Å²) in [6, 6.07) is 4.13. The van der Waals surface area contributed by atoms with Crippen LogP contribution in [0.5, 0.6) is 0 Å². The lowest BCUT2D eigenvalue weighted by molar-refractivity contribution is 0.0935. The van der Waals surface area contributed by atoms with Gasteiger partial charge in [-0.3, -0.25) is 4.79 Å². The number of nitrogens with one attached hydrogen (secondary N) is 1. The topological polar surface area (TPSA) is 58.4 Å².